The molecule has 0 saturated heterocycles. The lowest BCUT2D eigenvalue weighted by Crippen LogP contribution is -2.43. The summed E-state index contributed by atoms with van der Waals surface area (Å²) in [6, 6.07) is 14.1. The zero-order valence-corrected chi connectivity index (χ0v) is 15.0. The molecule has 3 aromatic rings. The van der Waals surface area contributed by atoms with E-state index in [2.05, 4.69) is 17.1 Å². The van der Waals surface area contributed by atoms with Crippen LogP contribution < -0.4 is 0 Å². The van der Waals surface area contributed by atoms with Crippen molar-refractivity contribution >= 4 is 16.8 Å². The van der Waals surface area contributed by atoms with Crippen LogP contribution in [0.15, 0.2) is 48.5 Å². The standard InChI is InChI=1S/C21H22FN3O/c1-24(2)20(16-8-3-5-9-17(16)22)21(26)25-12-11-15-14-7-4-6-10-18(14)23-19(15)13-25/h3-10,20,23H,11-13H2,1-2H3. The topological polar surface area (TPSA) is 39.3 Å². The summed E-state index contributed by atoms with van der Waals surface area (Å²) in [4.78, 5) is 20.3. The average molecular weight is 351 g/mol. The summed E-state index contributed by atoms with van der Waals surface area (Å²) >= 11 is 0. The lowest BCUT2D eigenvalue weighted by Gasteiger charge is -2.33. The minimum absolute atomic E-state index is 0.0654. The van der Waals surface area contributed by atoms with Crippen LogP contribution in [0.2, 0.25) is 0 Å². The highest BCUT2D eigenvalue weighted by molar-refractivity contribution is 5.87. The van der Waals surface area contributed by atoms with Gasteiger partial charge in [-0.05, 0) is 38.2 Å². The van der Waals surface area contributed by atoms with Crippen molar-refractivity contribution in [2.45, 2.75) is 19.0 Å². The van der Waals surface area contributed by atoms with Gasteiger partial charge in [0, 0.05) is 28.7 Å². The lowest BCUT2D eigenvalue weighted by molar-refractivity contribution is -0.137. The van der Waals surface area contributed by atoms with Gasteiger partial charge in [0.2, 0.25) is 5.91 Å². The number of halogens is 1. The van der Waals surface area contributed by atoms with Gasteiger partial charge in [-0.25, -0.2) is 4.39 Å². The first-order valence-corrected chi connectivity index (χ1v) is 8.84. The van der Waals surface area contributed by atoms with Crippen molar-refractivity contribution in [3.63, 3.8) is 0 Å². The molecule has 5 heteroatoms. The molecule has 4 nitrogen and oxygen atoms in total. The summed E-state index contributed by atoms with van der Waals surface area (Å²) in [6.07, 6.45) is 0.808. The van der Waals surface area contributed by atoms with E-state index >= 15 is 0 Å². The number of para-hydroxylation sites is 1. The predicted octanol–water partition coefficient (Wildman–Crippen LogP) is 3.49. The number of H-pyrrole nitrogens is 1. The van der Waals surface area contributed by atoms with E-state index in [1.54, 1.807) is 23.1 Å². The van der Waals surface area contributed by atoms with Crippen LogP contribution in [0, 0.1) is 5.82 Å². The molecule has 134 valence electrons. The SMILES string of the molecule is CN(C)C(C(=O)N1CCc2c([nH]c3ccccc23)C1)c1ccccc1F. The van der Waals surface area contributed by atoms with Gasteiger partial charge in [-0.3, -0.25) is 9.69 Å². The number of nitrogens with zero attached hydrogens (tertiary/aromatic N) is 2. The van der Waals surface area contributed by atoms with Crippen molar-refractivity contribution in [2.75, 3.05) is 20.6 Å². The Labute approximate surface area is 152 Å². The molecule has 1 N–H and O–H groups in total. The summed E-state index contributed by atoms with van der Waals surface area (Å²) < 4.78 is 14.3. The smallest absolute Gasteiger partial charge is 0.244 e. The van der Waals surface area contributed by atoms with Gasteiger partial charge in [-0.15, -0.1) is 0 Å². The van der Waals surface area contributed by atoms with Crippen LogP contribution in [0.1, 0.15) is 22.9 Å². The summed E-state index contributed by atoms with van der Waals surface area (Å²) in [5, 5.41) is 1.23. The number of amides is 1. The molecule has 0 radical (unpaired) electrons. The van der Waals surface area contributed by atoms with Crippen LogP contribution in [0.4, 0.5) is 4.39 Å². The Bertz CT molecular complexity index is 963. The quantitative estimate of drug-likeness (QED) is 0.784. The van der Waals surface area contributed by atoms with Crippen molar-refractivity contribution in [1.29, 1.82) is 0 Å². The van der Waals surface area contributed by atoms with Crippen molar-refractivity contribution in [2.24, 2.45) is 0 Å². The number of benzene rings is 2. The van der Waals surface area contributed by atoms with Crippen molar-refractivity contribution in [1.82, 2.24) is 14.8 Å². The lowest BCUT2D eigenvalue weighted by atomic mass is 10.00. The van der Waals surface area contributed by atoms with Gasteiger partial charge in [-0.1, -0.05) is 36.4 Å². The monoisotopic (exact) mass is 351 g/mol. The van der Waals surface area contributed by atoms with E-state index in [-0.39, 0.29) is 11.7 Å². The molecule has 0 spiro atoms. The maximum absolute atomic E-state index is 14.3. The molecule has 2 aromatic carbocycles. The first kappa shape index (κ1) is 16.8. The number of hydrogen-bond donors (Lipinski definition) is 1. The van der Waals surface area contributed by atoms with Crippen molar-refractivity contribution in [3.05, 3.63) is 71.2 Å². The highest BCUT2D eigenvalue weighted by Crippen LogP contribution is 2.30. The third-order valence-electron chi connectivity index (χ3n) is 5.14. The third-order valence-corrected chi connectivity index (χ3v) is 5.14. The van der Waals surface area contributed by atoms with Crippen LogP contribution in [0.3, 0.4) is 0 Å². The Morgan fingerprint density at radius 2 is 1.88 bits per heavy atom. The van der Waals surface area contributed by atoms with Crippen LogP contribution in [0.5, 0.6) is 0 Å². The van der Waals surface area contributed by atoms with E-state index in [0.29, 0.717) is 18.7 Å². The normalized spacial score (nSPS) is 15.3. The molecule has 4 rings (SSSR count). The van der Waals surface area contributed by atoms with Crippen LogP contribution >= 0.6 is 0 Å². The Morgan fingerprint density at radius 1 is 1.15 bits per heavy atom. The number of rotatable bonds is 3. The first-order chi connectivity index (χ1) is 12.6. The molecule has 1 aliphatic rings. The number of likely N-dealkylation sites (N-methyl/N-ethyl adjacent to an activating group) is 1. The minimum Gasteiger partial charge on any atom is -0.357 e. The number of nitrogens with one attached hydrogen (secondary N) is 1. The molecule has 0 fully saturated rings. The van der Waals surface area contributed by atoms with E-state index in [9.17, 15) is 9.18 Å². The molecule has 0 saturated carbocycles. The van der Waals surface area contributed by atoms with Gasteiger partial charge >= 0.3 is 0 Å². The van der Waals surface area contributed by atoms with Crippen LogP contribution in [-0.4, -0.2) is 41.3 Å². The van der Waals surface area contributed by atoms with Crippen LogP contribution in [-0.2, 0) is 17.8 Å². The van der Waals surface area contributed by atoms with Crippen LogP contribution in [0.25, 0.3) is 10.9 Å². The van der Waals surface area contributed by atoms with Crippen molar-refractivity contribution in [3.8, 4) is 0 Å². The molecule has 1 aliphatic heterocycles. The number of carbonyl (C=O) groups is 1. The molecule has 2 heterocycles. The maximum atomic E-state index is 14.3. The largest absolute Gasteiger partial charge is 0.357 e. The summed E-state index contributed by atoms with van der Waals surface area (Å²) in [7, 11) is 3.63. The van der Waals surface area contributed by atoms with E-state index in [1.165, 1.54) is 17.0 Å². The highest BCUT2D eigenvalue weighted by Gasteiger charge is 2.32. The molecule has 1 amide bonds. The Hall–Kier alpha value is -2.66. The fraction of sp³-hybridized carbons (Fsp3) is 0.286. The van der Waals surface area contributed by atoms with Gasteiger partial charge in [-0.2, -0.15) is 0 Å². The highest BCUT2D eigenvalue weighted by atomic mass is 19.1. The van der Waals surface area contributed by atoms with E-state index in [4.69, 9.17) is 0 Å². The Balaban J connectivity index is 1.65. The average Bonchev–Trinajstić information content (AvgIpc) is 3.01. The molecule has 0 aliphatic carbocycles. The van der Waals surface area contributed by atoms with E-state index in [1.807, 2.05) is 31.1 Å². The van der Waals surface area contributed by atoms with Crippen molar-refractivity contribution < 1.29 is 9.18 Å². The molecule has 1 atom stereocenters. The number of hydrogen-bond acceptors (Lipinski definition) is 2. The molecule has 0 bridgehead atoms. The van der Waals surface area contributed by atoms with Gasteiger partial charge in [0.25, 0.3) is 0 Å². The predicted molar refractivity (Wildman–Crippen MR) is 100 cm³/mol. The number of carbonyl (C=O) groups excluding carboxylic acids is 1. The summed E-state index contributed by atoms with van der Waals surface area (Å²) in [6.45, 7) is 1.17. The second-order valence-electron chi connectivity index (χ2n) is 7.03. The molecule has 1 unspecified atom stereocenters. The summed E-state index contributed by atoms with van der Waals surface area (Å²) in [5.41, 5.74) is 3.89. The first-order valence-electron chi connectivity index (χ1n) is 8.84. The fourth-order valence-corrected chi connectivity index (χ4v) is 3.88. The number of aromatic nitrogens is 1. The summed E-state index contributed by atoms with van der Waals surface area (Å²) in [5.74, 6) is -0.410. The maximum Gasteiger partial charge on any atom is 0.244 e. The van der Waals surface area contributed by atoms with E-state index in [0.717, 1.165) is 17.6 Å². The third kappa shape index (κ3) is 2.78. The minimum atomic E-state index is -0.623. The molecule has 1 aromatic heterocycles. The number of fused-ring (bicyclic) bond motifs is 3. The zero-order chi connectivity index (χ0) is 18.3. The second kappa shape index (κ2) is 6.57. The van der Waals surface area contributed by atoms with Gasteiger partial charge in [0.1, 0.15) is 11.9 Å². The second-order valence-corrected chi connectivity index (χ2v) is 7.03. The molecule has 26 heavy (non-hydrogen) atoms. The van der Waals surface area contributed by atoms with E-state index < -0.39 is 6.04 Å². The Morgan fingerprint density at radius 3 is 2.65 bits per heavy atom. The fourth-order valence-electron chi connectivity index (χ4n) is 3.88. The molecular formula is C21H22FN3O. The number of aromatic amines is 1. The molecular weight excluding hydrogens is 329 g/mol. The zero-order valence-electron chi connectivity index (χ0n) is 15.0. The van der Waals surface area contributed by atoms with Gasteiger partial charge in [0.05, 0.1) is 6.54 Å². The van der Waals surface area contributed by atoms with Gasteiger partial charge in [0.15, 0.2) is 0 Å². The Kier molecular flexibility index (Phi) is 4.24. The van der Waals surface area contributed by atoms with Gasteiger partial charge < -0.3 is 9.88 Å².